The van der Waals surface area contributed by atoms with Crippen molar-refractivity contribution >= 4 is 5.91 Å². The van der Waals surface area contributed by atoms with Crippen molar-refractivity contribution < 1.29 is 26.9 Å². The zero-order chi connectivity index (χ0) is 22.0. The molecular formula is C21H18F4N4O2. The Kier molecular flexibility index (Phi) is 5.73. The van der Waals surface area contributed by atoms with E-state index in [1.54, 1.807) is 12.1 Å². The molecule has 2 aromatic carbocycles. The lowest BCUT2D eigenvalue weighted by Gasteiger charge is -2.17. The fourth-order valence-electron chi connectivity index (χ4n) is 3.44. The number of carbonyl (C=O) groups is 1. The number of nitrogens with zero attached hydrogens (tertiary/aromatic N) is 3. The van der Waals surface area contributed by atoms with Crippen molar-refractivity contribution in [2.75, 3.05) is 13.1 Å². The Morgan fingerprint density at radius 3 is 2.48 bits per heavy atom. The topological polar surface area (TPSA) is 71.3 Å². The summed E-state index contributed by atoms with van der Waals surface area (Å²) in [7, 11) is 0. The largest absolute Gasteiger partial charge is 0.471 e. The Morgan fingerprint density at radius 2 is 1.84 bits per heavy atom. The smallest absolute Gasteiger partial charge is 0.348 e. The molecule has 1 amide bonds. The van der Waals surface area contributed by atoms with E-state index in [1.807, 2.05) is 0 Å². The molecular weight excluding hydrogens is 416 g/mol. The highest BCUT2D eigenvalue weighted by Gasteiger charge is 2.38. The van der Waals surface area contributed by atoms with Crippen molar-refractivity contribution in [2.45, 2.75) is 25.2 Å². The lowest BCUT2D eigenvalue weighted by atomic mass is 10.1. The van der Waals surface area contributed by atoms with Crippen molar-refractivity contribution in [2.24, 2.45) is 0 Å². The van der Waals surface area contributed by atoms with Gasteiger partial charge in [-0.1, -0.05) is 29.4 Å². The standard InChI is InChI=1S/C21H18F4N4O2/c22-16-7-1-13(2-8-16)11-29-10-9-17(12-29)26-19(30)15-5-3-14(4-6-15)18-27-20(31-28-18)21(23,24)25/h1-8,17H,9-12H2,(H,26,30). The Hall–Kier alpha value is -3.27. The summed E-state index contributed by atoms with van der Waals surface area (Å²) >= 11 is 0. The lowest BCUT2D eigenvalue weighted by molar-refractivity contribution is -0.159. The minimum atomic E-state index is -4.71. The Morgan fingerprint density at radius 1 is 1.13 bits per heavy atom. The number of hydrogen-bond donors (Lipinski definition) is 1. The minimum absolute atomic E-state index is 0.0285. The average molecular weight is 434 g/mol. The van der Waals surface area contributed by atoms with Crippen molar-refractivity contribution in [3.8, 4) is 11.4 Å². The maximum Gasteiger partial charge on any atom is 0.471 e. The summed E-state index contributed by atoms with van der Waals surface area (Å²) in [4.78, 5) is 18.0. The van der Waals surface area contributed by atoms with Gasteiger partial charge >= 0.3 is 12.1 Å². The summed E-state index contributed by atoms with van der Waals surface area (Å²) in [5, 5.41) is 6.29. The molecule has 162 valence electrons. The summed E-state index contributed by atoms with van der Waals surface area (Å²) in [5.41, 5.74) is 1.68. The van der Waals surface area contributed by atoms with Crippen LogP contribution in [0.25, 0.3) is 11.4 Å². The van der Waals surface area contributed by atoms with E-state index >= 15 is 0 Å². The van der Waals surface area contributed by atoms with Crippen LogP contribution in [-0.4, -0.2) is 40.1 Å². The van der Waals surface area contributed by atoms with Crippen LogP contribution in [0.5, 0.6) is 0 Å². The number of likely N-dealkylation sites (tertiary alicyclic amines) is 1. The van der Waals surface area contributed by atoms with Crippen LogP contribution in [0, 0.1) is 5.82 Å². The van der Waals surface area contributed by atoms with E-state index in [1.165, 1.54) is 36.4 Å². The van der Waals surface area contributed by atoms with E-state index in [2.05, 4.69) is 24.9 Å². The van der Waals surface area contributed by atoms with Crippen LogP contribution in [0.3, 0.4) is 0 Å². The van der Waals surface area contributed by atoms with Gasteiger partial charge in [0.15, 0.2) is 0 Å². The van der Waals surface area contributed by atoms with Gasteiger partial charge in [0.2, 0.25) is 5.82 Å². The number of halogens is 4. The molecule has 1 atom stereocenters. The molecule has 0 spiro atoms. The van der Waals surface area contributed by atoms with Crippen LogP contribution in [0.1, 0.15) is 28.2 Å². The van der Waals surface area contributed by atoms with E-state index in [0.717, 1.165) is 18.5 Å². The van der Waals surface area contributed by atoms with E-state index < -0.39 is 12.1 Å². The summed E-state index contributed by atoms with van der Waals surface area (Å²) < 4.78 is 55.0. The molecule has 3 aromatic rings. The van der Waals surface area contributed by atoms with Crippen LogP contribution in [0.4, 0.5) is 17.6 Å². The highest BCUT2D eigenvalue weighted by molar-refractivity contribution is 5.94. The second-order valence-corrected chi connectivity index (χ2v) is 7.32. The van der Waals surface area contributed by atoms with Crippen LogP contribution in [0.2, 0.25) is 0 Å². The molecule has 1 aliphatic heterocycles. The second-order valence-electron chi connectivity index (χ2n) is 7.32. The van der Waals surface area contributed by atoms with Gasteiger partial charge in [-0.05, 0) is 36.2 Å². The normalized spacial score (nSPS) is 17.1. The number of aromatic nitrogens is 2. The number of benzene rings is 2. The quantitative estimate of drug-likeness (QED) is 0.617. The molecule has 1 unspecified atom stereocenters. The molecule has 0 radical (unpaired) electrons. The first-order valence-electron chi connectivity index (χ1n) is 9.57. The van der Waals surface area contributed by atoms with E-state index in [-0.39, 0.29) is 23.6 Å². The summed E-state index contributed by atoms with van der Waals surface area (Å²) in [5.74, 6) is -2.17. The minimum Gasteiger partial charge on any atom is -0.348 e. The predicted molar refractivity (Wildman–Crippen MR) is 102 cm³/mol. The monoisotopic (exact) mass is 434 g/mol. The first-order chi connectivity index (χ1) is 14.8. The van der Waals surface area contributed by atoms with Crippen molar-refractivity contribution in [3.63, 3.8) is 0 Å². The number of nitrogens with one attached hydrogen (secondary N) is 1. The van der Waals surface area contributed by atoms with Crippen LogP contribution in [0.15, 0.2) is 53.1 Å². The maximum atomic E-state index is 13.0. The van der Waals surface area contributed by atoms with Gasteiger partial charge in [0.1, 0.15) is 5.82 Å². The van der Waals surface area contributed by atoms with Gasteiger partial charge in [-0.3, -0.25) is 9.69 Å². The molecule has 1 aromatic heterocycles. The second kappa shape index (κ2) is 8.46. The number of carbonyl (C=O) groups excluding carboxylic acids is 1. The molecule has 1 N–H and O–H groups in total. The fourth-order valence-corrected chi connectivity index (χ4v) is 3.44. The molecule has 6 nitrogen and oxygen atoms in total. The molecule has 0 saturated carbocycles. The van der Waals surface area contributed by atoms with Gasteiger partial charge in [-0.15, -0.1) is 0 Å². The molecule has 1 fully saturated rings. The highest BCUT2D eigenvalue weighted by atomic mass is 19.4. The molecule has 2 heterocycles. The van der Waals surface area contributed by atoms with E-state index in [0.29, 0.717) is 24.2 Å². The maximum absolute atomic E-state index is 13.0. The van der Waals surface area contributed by atoms with Gasteiger partial charge in [-0.2, -0.15) is 18.2 Å². The number of amides is 1. The molecule has 0 aliphatic carbocycles. The van der Waals surface area contributed by atoms with Gasteiger partial charge in [0.25, 0.3) is 5.91 Å². The molecule has 1 aliphatic rings. The third kappa shape index (κ3) is 5.08. The number of alkyl halides is 3. The SMILES string of the molecule is O=C(NC1CCN(Cc2ccc(F)cc2)C1)c1ccc(-c2noc(C(F)(F)F)n2)cc1. The van der Waals surface area contributed by atoms with Crippen molar-refractivity contribution in [1.82, 2.24) is 20.4 Å². The molecule has 10 heteroatoms. The van der Waals surface area contributed by atoms with Gasteiger partial charge in [-0.25, -0.2) is 4.39 Å². The number of rotatable bonds is 5. The first-order valence-corrected chi connectivity index (χ1v) is 9.57. The van der Waals surface area contributed by atoms with E-state index in [4.69, 9.17) is 0 Å². The van der Waals surface area contributed by atoms with Crippen LogP contribution < -0.4 is 5.32 Å². The predicted octanol–water partition coefficient (Wildman–Crippen LogP) is 3.90. The van der Waals surface area contributed by atoms with Crippen LogP contribution in [-0.2, 0) is 12.7 Å². The average Bonchev–Trinajstić information content (AvgIpc) is 3.40. The Balaban J connectivity index is 1.33. The van der Waals surface area contributed by atoms with Gasteiger partial charge < -0.3 is 9.84 Å². The molecule has 0 bridgehead atoms. The van der Waals surface area contributed by atoms with Crippen LogP contribution >= 0.6 is 0 Å². The number of hydrogen-bond acceptors (Lipinski definition) is 5. The van der Waals surface area contributed by atoms with E-state index in [9.17, 15) is 22.4 Å². The third-order valence-electron chi connectivity index (χ3n) is 5.00. The zero-order valence-corrected chi connectivity index (χ0v) is 16.2. The molecule has 31 heavy (non-hydrogen) atoms. The zero-order valence-electron chi connectivity index (χ0n) is 16.2. The summed E-state index contributed by atoms with van der Waals surface area (Å²) in [6.07, 6.45) is -3.93. The third-order valence-corrected chi connectivity index (χ3v) is 5.00. The summed E-state index contributed by atoms with van der Waals surface area (Å²) in [6.45, 7) is 2.15. The molecule has 1 saturated heterocycles. The fraction of sp³-hybridized carbons (Fsp3) is 0.286. The highest BCUT2D eigenvalue weighted by Crippen LogP contribution is 2.29. The lowest BCUT2D eigenvalue weighted by Crippen LogP contribution is -2.36. The summed E-state index contributed by atoms with van der Waals surface area (Å²) in [6, 6.07) is 12.2. The van der Waals surface area contributed by atoms with Gasteiger partial charge in [0.05, 0.1) is 0 Å². The Bertz CT molecular complexity index is 1050. The van der Waals surface area contributed by atoms with Crippen molar-refractivity contribution in [1.29, 1.82) is 0 Å². The first kappa shape index (κ1) is 21.0. The van der Waals surface area contributed by atoms with Gasteiger partial charge in [0, 0.05) is 36.8 Å². The molecule has 4 rings (SSSR count). The van der Waals surface area contributed by atoms with Crippen molar-refractivity contribution in [3.05, 3.63) is 71.4 Å². The Labute approximate surface area is 174 Å².